The predicted molar refractivity (Wildman–Crippen MR) is 136 cm³/mol. The Bertz CT molecular complexity index is 795. The molecule has 1 aromatic heterocycles. The highest BCUT2D eigenvalue weighted by molar-refractivity contribution is 5.72. The van der Waals surface area contributed by atoms with Gasteiger partial charge in [-0.3, -0.25) is 0 Å². The van der Waals surface area contributed by atoms with E-state index in [2.05, 4.69) is 66.8 Å². The van der Waals surface area contributed by atoms with Gasteiger partial charge in [0.25, 0.3) is 0 Å². The molecule has 0 N–H and O–H groups in total. The van der Waals surface area contributed by atoms with Gasteiger partial charge in [0.2, 0.25) is 0 Å². The first-order chi connectivity index (χ1) is 15.6. The van der Waals surface area contributed by atoms with Crippen LogP contribution in [0.1, 0.15) is 83.1 Å². The van der Waals surface area contributed by atoms with Gasteiger partial charge >= 0.3 is 0 Å². The summed E-state index contributed by atoms with van der Waals surface area (Å²) in [7, 11) is 4.73. The SMILES string of the molecule is CCCCCCCCCCCCC[N+](C)(C)Cc1ccccc1.c1ccc2n[n-]nc2c1. The fourth-order valence-corrected chi connectivity index (χ4v) is 4.11. The number of hydrogen-bond donors (Lipinski definition) is 0. The summed E-state index contributed by atoms with van der Waals surface area (Å²) in [6.07, 6.45) is 15.7. The summed E-state index contributed by atoms with van der Waals surface area (Å²) in [5.41, 5.74) is 3.18. The summed E-state index contributed by atoms with van der Waals surface area (Å²) < 4.78 is 1.11. The Balaban J connectivity index is 0.000000329. The molecule has 0 spiro atoms. The molecular weight excluding hydrogens is 392 g/mol. The lowest BCUT2D eigenvalue weighted by atomic mass is 10.1. The number of unbranched alkanes of at least 4 members (excludes halogenated alkanes) is 10. The van der Waals surface area contributed by atoms with E-state index in [1.807, 2.05) is 24.3 Å². The van der Waals surface area contributed by atoms with Crippen molar-refractivity contribution in [2.75, 3.05) is 20.6 Å². The third-order valence-corrected chi connectivity index (χ3v) is 6.01. The van der Waals surface area contributed by atoms with Gasteiger partial charge in [-0.15, -0.1) is 0 Å². The number of benzene rings is 2. The van der Waals surface area contributed by atoms with Gasteiger partial charge in [0.1, 0.15) is 6.54 Å². The first kappa shape index (κ1) is 26.1. The molecule has 32 heavy (non-hydrogen) atoms. The average molecular weight is 437 g/mol. The largest absolute Gasteiger partial charge is 0.492 e. The standard InChI is InChI=1S/C22H40N.C6H4N3/c1-4-5-6-7-8-9-10-11-12-13-17-20-23(2,3)21-22-18-15-14-16-19-22;1-2-4-6-5(3-1)7-9-8-6/h14-16,18-19H,4-13,17,20-21H2,1-3H3;1-4H/q+1;-1. The maximum atomic E-state index is 3.76. The normalized spacial score (nSPS) is 11.3. The van der Waals surface area contributed by atoms with Crippen molar-refractivity contribution in [2.45, 2.75) is 84.1 Å². The number of nitrogens with zero attached hydrogens (tertiary/aromatic N) is 4. The second kappa shape index (κ2) is 15.6. The van der Waals surface area contributed by atoms with Crippen molar-refractivity contribution >= 4 is 11.0 Å². The smallest absolute Gasteiger partial charge is 0.104 e. The van der Waals surface area contributed by atoms with Crippen LogP contribution >= 0.6 is 0 Å². The van der Waals surface area contributed by atoms with E-state index in [1.165, 1.54) is 82.7 Å². The fourth-order valence-electron chi connectivity index (χ4n) is 4.11. The molecule has 0 radical (unpaired) electrons. The molecule has 176 valence electrons. The molecule has 0 aliphatic heterocycles. The molecule has 2 aromatic carbocycles. The molecule has 0 atom stereocenters. The zero-order valence-corrected chi connectivity index (χ0v) is 20.7. The second-order valence-corrected chi connectivity index (χ2v) is 9.62. The van der Waals surface area contributed by atoms with Crippen molar-refractivity contribution in [2.24, 2.45) is 0 Å². The van der Waals surface area contributed by atoms with Gasteiger partial charge in [0.15, 0.2) is 0 Å². The van der Waals surface area contributed by atoms with E-state index in [0.717, 1.165) is 22.1 Å². The first-order valence-corrected chi connectivity index (χ1v) is 12.7. The molecule has 0 saturated heterocycles. The van der Waals surface area contributed by atoms with Crippen molar-refractivity contribution in [1.82, 2.24) is 15.4 Å². The van der Waals surface area contributed by atoms with Gasteiger partial charge in [-0.2, -0.15) is 0 Å². The molecule has 0 fully saturated rings. The number of hydrogen-bond acceptors (Lipinski definition) is 2. The molecule has 0 bridgehead atoms. The summed E-state index contributed by atoms with van der Waals surface area (Å²) in [5, 5.41) is 11.0. The summed E-state index contributed by atoms with van der Waals surface area (Å²) >= 11 is 0. The Kier molecular flexibility index (Phi) is 12.7. The van der Waals surface area contributed by atoms with Crippen molar-refractivity contribution in [1.29, 1.82) is 0 Å². The Morgan fingerprint density at radius 2 is 1.09 bits per heavy atom. The number of fused-ring (bicyclic) bond motifs is 1. The van der Waals surface area contributed by atoms with E-state index in [1.54, 1.807) is 0 Å². The van der Waals surface area contributed by atoms with Crippen LogP contribution in [0.25, 0.3) is 11.0 Å². The molecule has 0 aliphatic rings. The topological polar surface area (TPSA) is 39.9 Å². The lowest BCUT2D eigenvalue weighted by Gasteiger charge is -2.30. The molecule has 3 rings (SSSR count). The van der Waals surface area contributed by atoms with Crippen LogP contribution < -0.4 is 5.21 Å². The molecule has 0 aliphatic carbocycles. The highest BCUT2D eigenvalue weighted by atomic mass is 15.3. The van der Waals surface area contributed by atoms with Crippen molar-refractivity contribution in [3.05, 3.63) is 60.2 Å². The van der Waals surface area contributed by atoms with Crippen LogP contribution in [0.2, 0.25) is 0 Å². The van der Waals surface area contributed by atoms with Crippen LogP contribution in [0.5, 0.6) is 0 Å². The van der Waals surface area contributed by atoms with E-state index in [-0.39, 0.29) is 0 Å². The fraction of sp³-hybridized carbons (Fsp3) is 0.571. The Hall–Kier alpha value is -2.20. The lowest BCUT2D eigenvalue weighted by Crippen LogP contribution is -2.39. The summed E-state index contributed by atoms with van der Waals surface area (Å²) in [6, 6.07) is 18.5. The van der Waals surface area contributed by atoms with Gasteiger partial charge in [-0.05, 0) is 25.0 Å². The molecule has 4 heteroatoms. The zero-order valence-electron chi connectivity index (χ0n) is 20.7. The second-order valence-electron chi connectivity index (χ2n) is 9.62. The molecule has 1 heterocycles. The lowest BCUT2D eigenvalue weighted by molar-refractivity contribution is -0.903. The summed E-state index contributed by atoms with van der Waals surface area (Å²) in [4.78, 5) is 0. The van der Waals surface area contributed by atoms with Crippen LogP contribution in [0, 0.1) is 0 Å². The van der Waals surface area contributed by atoms with E-state index in [9.17, 15) is 0 Å². The minimum Gasteiger partial charge on any atom is -0.492 e. The molecule has 4 nitrogen and oxygen atoms in total. The third kappa shape index (κ3) is 11.4. The van der Waals surface area contributed by atoms with E-state index in [0.29, 0.717) is 0 Å². The third-order valence-electron chi connectivity index (χ3n) is 6.01. The number of quaternary nitrogens is 1. The van der Waals surface area contributed by atoms with E-state index in [4.69, 9.17) is 0 Å². The van der Waals surface area contributed by atoms with Crippen molar-refractivity contribution < 1.29 is 4.48 Å². The van der Waals surface area contributed by atoms with Crippen LogP contribution in [0.3, 0.4) is 0 Å². The maximum Gasteiger partial charge on any atom is 0.104 e. The Labute approximate surface area is 196 Å². The minimum atomic E-state index is 0.859. The Morgan fingerprint density at radius 3 is 1.62 bits per heavy atom. The Morgan fingerprint density at radius 1 is 0.625 bits per heavy atom. The molecule has 0 saturated carbocycles. The van der Waals surface area contributed by atoms with Gasteiger partial charge in [0, 0.05) is 5.56 Å². The van der Waals surface area contributed by atoms with Crippen LogP contribution in [-0.4, -0.2) is 35.3 Å². The van der Waals surface area contributed by atoms with Crippen molar-refractivity contribution in [3.8, 4) is 0 Å². The number of rotatable bonds is 14. The zero-order chi connectivity index (χ0) is 22.9. The van der Waals surface area contributed by atoms with Gasteiger partial charge in [-0.1, -0.05) is 107 Å². The quantitative estimate of drug-likeness (QED) is 0.199. The van der Waals surface area contributed by atoms with E-state index < -0.39 is 0 Å². The summed E-state index contributed by atoms with van der Waals surface area (Å²) in [5.74, 6) is 0. The van der Waals surface area contributed by atoms with E-state index >= 15 is 0 Å². The predicted octanol–water partition coefficient (Wildman–Crippen LogP) is 7.16. The minimum absolute atomic E-state index is 0.859. The first-order valence-electron chi connectivity index (χ1n) is 12.7. The van der Waals surface area contributed by atoms with Gasteiger partial charge < -0.3 is 19.9 Å². The van der Waals surface area contributed by atoms with Crippen molar-refractivity contribution in [3.63, 3.8) is 0 Å². The molecule has 0 unspecified atom stereocenters. The van der Waals surface area contributed by atoms with Crippen LogP contribution in [0.15, 0.2) is 54.6 Å². The highest BCUT2D eigenvalue weighted by Crippen LogP contribution is 2.14. The maximum absolute atomic E-state index is 3.76. The molecular formula is C28H44N4. The molecule has 0 amide bonds. The highest BCUT2D eigenvalue weighted by Gasteiger charge is 2.14. The molecule has 3 aromatic rings. The summed E-state index contributed by atoms with van der Waals surface area (Å²) in [6.45, 7) is 4.74. The number of aromatic nitrogens is 3. The van der Waals surface area contributed by atoms with Crippen LogP contribution in [0.4, 0.5) is 0 Å². The van der Waals surface area contributed by atoms with Gasteiger partial charge in [-0.25, -0.2) is 0 Å². The van der Waals surface area contributed by atoms with Crippen LogP contribution in [-0.2, 0) is 6.54 Å². The van der Waals surface area contributed by atoms with Gasteiger partial charge in [0.05, 0.1) is 31.7 Å². The average Bonchev–Trinajstić information content (AvgIpc) is 3.27. The monoisotopic (exact) mass is 436 g/mol.